The third-order valence-electron chi connectivity index (χ3n) is 3.12. The molecule has 0 saturated heterocycles. The Morgan fingerprint density at radius 2 is 1.90 bits per heavy atom. The van der Waals surface area contributed by atoms with Crippen molar-refractivity contribution in [2.45, 2.75) is 19.4 Å². The van der Waals surface area contributed by atoms with E-state index in [4.69, 9.17) is 4.74 Å². The molecule has 0 saturated carbocycles. The van der Waals surface area contributed by atoms with Crippen LogP contribution in [-0.4, -0.2) is 13.2 Å². The molecule has 0 bridgehead atoms. The summed E-state index contributed by atoms with van der Waals surface area (Å²) in [4.78, 5) is 0. The molecule has 0 radical (unpaired) electrons. The van der Waals surface area contributed by atoms with E-state index < -0.39 is 0 Å². The minimum Gasteiger partial charge on any atom is -0.494 e. The largest absolute Gasteiger partial charge is 0.494 e. The predicted molar refractivity (Wildman–Crippen MR) is 79.4 cm³/mol. The van der Waals surface area contributed by atoms with E-state index in [2.05, 4.69) is 5.32 Å². The molecule has 0 amide bonds. The molecule has 0 aliphatic carbocycles. The Kier molecular flexibility index (Phi) is 5.56. The van der Waals surface area contributed by atoms with Gasteiger partial charge in [-0.1, -0.05) is 37.3 Å². The van der Waals surface area contributed by atoms with E-state index in [9.17, 15) is 4.39 Å². The normalized spacial score (nSPS) is 12.1. The Labute approximate surface area is 119 Å². The Morgan fingerprint density at radius 3 is 2.60 bits per heavy atom. The first-order chi connectivity index (χ1) is 9.79. The van der Waals surface area contributed by atoms with Gasteiger partial charge in [0.2, 0.25) is 0 Å². The van der Waals surface area contributed by atoms with E-state index in [1.54, 1.807) is 12.1 Å². The van der Waals surface area contributed by atoms with Crippen LogP contribution in [0.4, 0.5) is 4.39 Å². The Bertz CT molecular complexity index is 515. The number of rotatable bonds is 7. The molecule has 3 heteroatoms. The summed E-state index contributed by atoms with van der Waals surface area (Å²) in [5.41, 5.74) is 0.962. The van der Waals surface area contributed by atoms with Crippen LogP contribution in [0.2, 0.25) is 0 Å². The molecule has 0 heterocycles. The summed E-state index contributed by atoms with van der Waals surface area (Å²) in [6, 6.07) is 16.6. The predicted octanol–water partition coefficient (Wildman–Crippen LogP) is 3.95. The van der Waals surface area contributed by atoms with E-state index in [-0.39, 0.29) is 11.9 Å². The van der Waals surface area contributed by atoms with Gasteiger partial charge in [-0.3, -0.25) is 0 Å². The monoisotopic (exact) mass is 273 g/mol. The average molecular weight is 273 g/mol. The summed E-state index contributed by atoms with van der Waals surface area (Å²) in [5.74, 6) is 0.663. The molecule has 1 atom stereocenters. The smallest absolute Gasteiger partial charge is 0.123 e. The van der Waals surface area contributed by atoms with Crippen LogP contribution < -0.4 is 10.1 Å². The molecule has 0 aromatic heterocycles. The van der Waals surface area contributed by atoms with Gasteiger partial charge in [0.15, 0.2) is 0 Å². The molecule has 2 nitrogen and oxygen atoms in total. The van der Waals surface area contributed by atoms with Gasteiger partial charge in [-0.25, -0.2) is 4.39 Å². The molecule has 0 spiro atoms. The topological polar surface area (TPSA) is 21.3 Å². The SMILES string of the molecule is CCNC(CCOc1ccccc1)c1cccc(F)c1. The fraction of sp³-hybridized carbons (Fsp3) is 0.294. The lowest BCUT2D eigenvalue weighted by molar-refractivity contribution is 0.287. The molecule has 0 fully saturated rings. The lowest BCUT2D eigenvalue weighted by Gasteiger charge is -2.18. The number of hydrogen-bond acceptors (Lipinski definition) is 2. The molecule has 2 rings (SSSR count). The molecule has 106 valence electrons. The van der Waals surface area contributed by atoms with Gasteiger partial charge in [-0.2, -0.15) is 0 Å². The third-order valence-corrected chi connectivity index (χ3v) is 3.12. The van der Waals surface area contributed by atoms with Crippen LogP contribution >= 0.6 is 0 Å². The first-order valence-corrected chi connectivity index (χ1v) is 6.96. The summed E-state index contributed by atoms with van der Waals surface area (Å²) >= 11 is 0. The third kappa shape index (κ3) is 4.35. The average Bonchev–Trinajstić information content (AvgIpc) is 2.47. The van der Waals surface area contributed by atoms with Crippen molar-refractivity contribution in [1.29, 1.82) is 0 Å². The van der Waals surface area contributed by atoms with Gasteiger partial charge in [0.05, 0.1) is 6.61 Å². The van der Waals surface area contributed by atoms with Crippen LogP contribution in [0.25, 0.3) is 0 Å². The van der Waals surface area contributed by atoms with Crippen LogP contribution in [0, 0.1) is 5.82 Å². The summed E-state index contributed by atoms with van der Waals surface area (Å²) in [6.07, 6.45) is 0.798. The first-order valence-electron chi connectivity index (χ1n) is 6.96. The van der Waals surface area contributed by atoms with Gasteiger partial charge in [-0.05, 0) is 36.4 Å². The molecule has 2 aromatic rings. The van der Waals surface area contributed by atoms with E-state index in [1.807, 2.05) is 43.3 Å². The van der Waals surface area contributed by atoms with Crippen LogP contribution in [0.1, 0.15) is 24.9 Å². The second kappa shape index (κ2) is 7.65. The van der Waals surface area contributed by atoms with Crippen molar-refractivity contribution < 1.29 is 9.13 Å². The standard InChI is InChI=1S/C17H20FNO/c1-2-19-17(14-7-6-8-15(18)13-14)11-12-20-16-9-4-3-5-10-16/h3-10,13,17,19H,2,11-12H2,1H3. The summed E-state index contributed by atoms with van der Waals surface area (Å²) < 4.78 is 19.0. The van der Waals surface area contributed by atoms with Gasteiger partial charge in [0.1, 0.15) is 11.6 Å². The highest BCUT2D eigenvalue weighted by atomic mass is 19.1. The number of hydrogen-bond donors (Lipinski definition) is 1. The first kappa shape index (κ1) is 14.5. The highest BCUT2D eigenvalue weighted by Crippen LogP contribution is 2.18. The highest BCUT2D eigenvalue weighted by molar-refractivity contribution is 5.22. The number of nitrogens with one attached hydrogen (secondary N) is 1. The van der Waals surface area contributed by atoms with E-state index in [0.29, 0.717) is 6.61 Å². The number of benzene rings is 2. The maximum Gasteiger partial charge on any atom is 0.123 e. The van der Waals surface area contributed by atoms with Crippen LogP contribution in [0.15, 0.2) is 54.6 Å². The summed E-state index contributed by atoms with van der Waals surface area (Å²) in [5, 5.41) is 3.37. The number of halogens is 1. The van der Waals surface area contributed by atoms with Gasteiger partial charge < -0.3 is 10.1 Å². The van der Waals surface area contributed by atoms with Crippen molar-refractivity contribution >= 4 is 0 Å². The van der Waals surface area contributed by atoms with E-state index >= 15 is 0 Å². The van der Waals surface area contributed by atoms with Crippen molar-refractivity contribution in [2.75, 3.05) is 13.2 Å². The van der Waals surface area contributed by atoms with E-state index in [1.165, 1.54) is 6.07 Å². The Balaban J connectivity index is 1.92. The fourth-order valence-electron chi connectivity index (χ4n) is 2.17. The van der Waals surface area contributed by atoms with Crippen molar-refractivity contribution in [3.8, 4) is 5.75 Å². The van der Waals surface area contributed by atoms with E-state index in [0.717, 1.165) is 24.3 Å². The van der Waals surface area contributed by atoms with Gasteiger partial charge in [0.25, 0.3) is 0 Å². The molecule has 20 heavy (non-hydrogen) atoms. The van der Waals surface area contributed by atoms with Crippen molar-refractivity contribution in [1.82, 2.24) is 5.32 Å². The zero-order valence-electron chi connectivity index (χ0n) is 11.7. The van der Waals surface area contributed by atoms with Crippen LogP contribution in [-0.2, 0) is 0 Å². The second-order valence-corrected chi connectivity index (χ2v) is 4.62. The zero-order chi connectivity index (χ0) is 14.2. The molecule has 1 N–H and O–H groups in total. The molecule has 2 aromatic carbocycles. The number of para-hydroxylation sites is 1. The second-order valence-electron chi connectivity index (χ2n) is 4.62. The Morgan fingerprint density at radius 1 is 1.10 bits per heavy atom. The summed E-state index contributed by atoms with van der Waals surface area (Å²) in [6.45, 7) is 3.48. The van der Waals surface area contributed by atoms with Crippen molar-refractivity contribution in [3.05, 3.63) is 66.0 Å². The van der Waals surface area contributed by atoms with Crippen molar-refractivity contribution in [3.63, 3.8) is 0 Å². The lowest BCUT2D eigenvalue weighted by Crippen LogP contribution is -2.23. The van der Waals surface area contributed by atoms with Crippen LogP contribution in [0.5, 0.6) is 5.75 Å². The van der Waals surface area contributed by atoms with Gasteiger partial charge >= 0.3 is 0 Å². The maximum absolute atomic E-state index is 13.3. The lowest BCUT2D eigenvalue weighted by atomic mass is 10.0. The molecule has 0 aliphatic rings. The van der Waals surface area contributed by atoms with Crippen LogP contribution in [0.3, 0.4) is 0 Å². The van der Waals surface area contributed by atoms with Gasteiger partial charge in [-0.15, -0.1) is 0 Å². The minimum absolute atomic E-state index is 0.111. The molecule has 0 aliphatic heterocycles. The van der Waals surface area contributed by atoms with Crippen molar-refractivity contribution in [2.24, 2.45) is 0 Å². The quantitative estimate of drug-likeness (QED) is 0.825. The Hall–Kier alpha value is -1.87. The minimum atomic E-state index is -0.200. The number of ether oxygens (including phenoxy) is 1. The fourth-order valence-corrected chi connectivity index (χ4v) is 2.17. The molecular weight excluding hydrogens is 253 g/mol. The summed E-state index contributed by atoms with van der Waals surface area (Å²) in [7, 11) is 0. The maximum atomic E-state index is 13.3. The molecule has 1 unspecified atom stereocenters. The molecular formula is C17H20FNO. The highest BCUT2D eigenvalue weighted by Gasteiger charge is 2.11. The zero-order valence-corrected chi connectivity index (χ0v) is 11.7. The van der Waals surface area contributed by atoms with Gasteiger partial charge in [0, 0.05) is 12.5 Å².